The first-order chi connectivity index (χ1) is 6.70. The quantitative estimate of drug-likeness (QED) is 0.691. The average Bonchev–Trinajstić information content (AvgIpc) is 2.16. The van der Waals surface area contributed by atoms with E-state index < -0.39 is 0 Å². The molecule has 0 aliphatic carbocycles. The zero-order valence-corrected chi connectivity index (χ0v) is 9.10. The Kier molecular flexibility index (Phi) is 2.42. The molecule has 14 heavy (non-hydrogen) atoms. The summed E-state index contributed by atoms with van der Waals surface area (Å²) in [7, 11) is 0. The van der Waals surface area contributed by atoms with Crippen LogP contribution < -0.4 is 0 Å². The molecule has 1 heterocycles. The molecule has 1 aromatic carbocycles. The fourth-order valence-electron chi connectivity index (χ4n) is 1.58. The molecule has 0 bridgehead atoms. The summed E-state index contributed by atoms with van der Waals surface area (Å²) < 4.78 is 0. The van der Waals surface area contributed by atoms with Crippen LogP contribution in [0.25, 0.3) is 10.9 Å². The van der Waals surface area contributed by atoms with Crippen molar-refractivity contribution in [3.05, 3.63) is 40.5 Å². The number of rotatable bonds is 1. The van der Waals surface area contributed by atoms with Gasteiger partial charge in [0.2, 0.25) is 0 Å². The number of halogens is 1. The SMILES string of the molecule is CCc1cc(Cl)c2ncc(C)cc2c1. The lowest BCUT2D eigenvalue weighted by Gasteiger charge is -2.04. The van der Waals surface area contributed by atoms with E-state index in [0.717, 1.165) is 22.3 Å². The van der Waals surface area contributed by atoms with Gasteiger partial charge in [-0.05, 0) is 42.7 Å². The topological polar surface area (TPSA) is 12.9 Å². The van der Waals surface area contributed by atoms with Crippen LogP contribution in [-0.4, -0.2) is 4.98 Å². The highest BCUT2D eigenvalue weighted by molar-refractivity contribution is 6.35. The number of pyridine rings is 1. The molecule has 0 N–H and O–H groups in total. The van der Waals surface area contributed by atoms with E-state index in [9.17, 15) is 0 Å². The molecule has 0 aliphatic heterocycles. The van der Waals surface area contributed by atoms with E-state index >= 15 is 0 Å². The van der Waals surface area contributed by atoms with Gasteiger partial charge in [-0.1, -0.05) is 18.5 Å². The van der Waals surface area contributed by atoms with E-state index in [2.05, 4.69) is 24.0 Å². The molecule has 2 aromatic rings. The van der Waals surface area contributed by atoms with Crippen LogP contribution in [0.5, 0.6) is 0 Å². The van der Waals surface area contributed by atoms with Gasteiger partial charge in [-0.25, -0.2) is 0 Å². The van der Waals surface area contributed by atoms with Gasteiger partial charge in [0, 0.05) is 11.6 Å². The first-order valence-electron chi connectivity index (χ1n) is 4.75. The third-order valence-corrected chi connectivity index (χ3v) is 2.63. The highest BCUT2D eigenvalue weighted by atomic mass is 35.5. The molecule has 2 heteroatoms. The van der Waals surface area contributed by atoms with Crippen LogP contribution in [0.2, 0.25) is 5.02 Å². The second-order valence-electron chi connectivity index (χ2n) is 3.52. The van der Waals surface area contributed by atoms with Gasteiger partial charge < -0.3 is 0 Å². The van der Waals surface area contributed by atoms with Crippen LogP contribution in [0.1, 0.15) is 18.1 Å². The first kappa shape index (κ1) is 9.47. The van der Waals surface area contributed by atoms with E-state index in [0.29, 0.717) is 0 Å². The Labute approximate surface area is 88.7 Å². The van der Waals surface area contributed by atoms with Gasteiger partial charge in [-0.15, -0.1) is 0 Å². The Hall–Kier alpha value is -1.08. The lowest BCUT2D eigenvalue weighted by molar-refractivity contribution is 1.14. The van der Waals surface area contributed by atoms with E-state index in [-0.39, 0.29) is 0 Å². The van der Waals surface area contributed by atoms with Crippen LogP contribution in [-0.2, 0) is 6.42 Å². The molecule has 0 aliphatic rings. The molecule has 1 nitrogen and oxygen atoms in total. The van der Waals surface area contributed by atoms with Gasteiger partial charge in [0.05, 0.1) is 10.5 Å². The van der Waals surface area contributed by atoms with E-state index in [1.54, 1.807) is 0 Å². The summed E-state index contributed by atoms with van der Waals surface area (Å²) in [6, 6.07) is 6.26. The van der Waals surface area contributed by atoms with Crippen molar-refractivity contribution in [1.82, 2.24) is 4.98 Å². The lowest BCUT2D eigenvalue weighted by Crippen LogP contribution is -1.86. The van der Waals surface area contributed by atoms with Crippen LogP contribution in [0.15, 0.2) is 24.4 Å². The highest BCUT2D eigenvalue weighted by Crippen LogP contribution is 2.24. The van der Waals surface area contributed by atoms with Crippen LogP contribution in [0.3, 0.4) is 0 Å². The van der Waals surface area contributed by atoms with Crippen molar-refractivity contribution in [3.63, 3.8) is 0 Å². The van der Waals surface area contributed by atoms with Crippen molar-refractivity contribution in [2.75, 3.05) is 0 Å². The number of hydrogen-bond acceptors (Lipinski definition) is 1. The lowest BCUT2D eigenvalue weighted by atomic mass is 10.1. The number of hydrogen-bond donors (Lipinski definition) is 0. The maximum atomic E-state index is 6.13. The molecular formula is C12H12ClN. The fourth-order valence-corrected chi connectivity index (χ4v) is 1.88. The molecule has 0 amide bonds. The zero-order valence-electron chi connectivity index (χ0n) is 8.34. The Morgan fingerprint density at radius 1 is 1.29 bits per heavy atom. The Morgan fingerprint density at radius 3 is 2.79 bits per heavy atom. The number of benzene rings is 1. The Balaban J connectivity index is 2.77. The largest absolute Gasteiger partial charge is 0.254 e. The molecule has 1 aromatic heterocycles. The van der Waals surface area contributed by atoms with Crippen molar-refractivity contribution >= 4 is 22.5 Å². The molecule has 0 atom stereocenters. The highest BCUT2D eigenvalue weighted by Gasteiger charge is 2.02. The van der Waals surface area contributed by atoms with Gasteiger partial charge in [0.15, 0.2) is 0 Å². The summed E-state index contributed by atoms with van der Waals surface area (Å²) in [5, 5.41) is 1.88. The standard InChI is InChI=1S/C12H12ClN/c1-3-9-5-10-4-8(2)7-14-12(10)11(13)6-9/h4-7H,3H2,1-2H3. The molecule has 0 unspecified atom stereocenters. The molecule has 0 spiro atoms. The van der Waals surface area contributed by atoms with E-state index in [4.69, 9.17) is 11.6 Å². The predicted molar refractivity (Wildman–Crippen MR) is 60.9 cm³/mol. The fraction of sp³-hybridized carbons (Fsp3) is 0.250. The number of aryl methyl sites for hydroxylation is 2. The molecule has 2 rings (SSSR count). The minimum Gasteiger partial charge on any atom is -0.254 e. The second-order valence-corrected chi connectivity index (χ2v) is 3.92. The van der Waals surface area contributed by atoms with E-state index in [1.165, 1.54) is 11.1 Å². The maximum absolute atomic E-state index is 6.13. The van der Waals surface area contributed by atoms with Crippen LogP contribution in [0, 0.1) is 6.92 Å². The Morgan fingerprint density at radius 2 is 2.07 bits per heavy atom. The maximum Gasteiger partial charge on any atom is 0.0888 e. The van der Waals surface area contributed by atoms with Crippen molar-refractivity contribution in [3.8, 4) is 0 Å². The van der Waals surface area contributed by atoms with Gasteiger partial charge in [-0.3, -0.25) is 4.98 Å². The molecule has 0 saturated carbocycles. The average molecular weight is 206 g/mol. The number of fused-ring (bicyclic) bond motifs is 1. The predicted octanol–water partition coefficient (Wildman–Crippen LogP) is 3.76. The van der Waals surface area contributed by atoms with Gasteiger partial charge in [-0.2, -0.15) is 0 Å². The molecule has 72 valence electrons. The normalized spacial score (nSPS) is 10.8. The third kappa shape index (κ3) is 1.60. The third-order valence-electron chi connectivity index (χ3n) is 2.34. The zero-order chi connectivity index (χ0) is 10.1. The first-order valence-corrected chi connectivity index (χ1v) is 5.13. The van der Waals surface area contributed by atoms with Crippen LogP contribution in [0.4, 0.5) is 0 Å². The summed E-state index contributed by atoms with van der Waals surface area (Å²) in [5.74, 6) is 0. The smallest absolute Gasteiger partial charge is 0.0888 e. The number of nitrogens with zero attached hydrogens (tertiary/aromatic N) is 1. The minimum atomic E-state index is 0.749. The number of aromatic nitrogens is 1. The molecule has 0 fully saturated rings. The van der Waals surface area contributed by atoms with Gasteiger partial charge in [0.1, 0.15) is 0 Å². The summed E-state index contributed by atoms with van der Waals surface area (Å²) in [6.45, 7) is 4.17. The second kappa shape index (κ2) is 3.58. The van der Waals surface area contributed by atoms with Crippen molar-refractivity contribution in [2.45, 2.75) is 20.3 Å². The molecule has 0 radical (unpaired) electrons. The van der Waals surface area contributed by atoms with Gasteiger partial charge in [0.25, 0.3) is 0 Å². The molecule has 0 saturated heterocycles. The van der Waals surface area contributed by atoms with Gasteiger partial charge >= 0.3 is 0 Å². The Bertz CT molecular complexity index is 477. The summed E-state index contributed by atoms with van der Waals surface area (Å²) in [4.78, 5) is 4.32. The summed E-state index contributed by atoms with van der Waals surface area (Å²) in [6.07, 6.45) is 2.85. The monoisotopic (exact) mass is 205 g/mol. The van der Waals surface area contributed by atoms with Crippen molar-refractivity contribution < 1.29 is 0 Å². The van der Waals surface area contributed by atoms with Crippen molar-refractivity contribution in [2.24, 2.45) is 0 Å². The summed E-state index contributed by atoms with van der Waals surface area (Å²) >= 11 is 6.13. The van der Waals surface area contributed by atoms with Crippen LogP contribution >= 0.6 is 11.6 Å². The van der Waals surface area contributed by atoms with Crippen molar-refractivity contribution in [1.29, 1.82) is 0 Å². The summed E-state index contributed by atoms with van der Waals surface area (Å²) in [5.41, 5.74) is 3.33. The van der Waals surface area contributed by atoms with E-state index in [1.807, 2.05) is 19.2 Å². The molecular weight excluding hydrogens is 194 g/mol. The minimum absolute atomic E-state index is 0.749.